The first-order chi connectivity index (χ1) is 16.8. The molecular formula is C33H39OP. The summed E-state index contributed by atoms with van der Waals surface area (Å²) >= 11 is 0. The van der Waals surface area contributed by atoms with Gasteiger partial charge in [-0.05, 0) is 0 Å². The molecule has 1 aliphatic carbocycles. The van der Waals surface area contributed by atoms with Crippen molar-refractivity contribution in [1.29, 1.82) is 0 Å². The van der Waals surface area contributed by atoms with E-state index in [2.05, 4.69) is 137 Å². The Morgan fingerprint density at radius 2 is 1.31 bits per heavy atom. The molecule has 4 rings (SSSR count). The third-order valence-electron chi connectivity index (χ3n) is 8.06. The van der Waals surface area contributed by atoms with Crippen LogP contribution in [0.15, 0.2) is 115 Å². The van der Waals surface area contributed by atoms with E-state index in [0.717, 1.165) is 12.6 Å². The van der Waals surface area contributed by atoms with Crippen LogP contribution in [0.3, 0.4) is 0 Å². The number of allylic oxidation sites excluding steroid dienone is 4. The van der Waals surface area contributed by atoms with Gasteiger partial charge in [0, 0.05) is 0 Å². The average molecular weight is 483 g/mol. The summed E-state index contributed by atoms with van der Waals surface area (Å²) < 4.78 is 0. The summed E-state index contributed by atoms with van der Waals surface area (Å²) in [6.45, 7) is 8.93. The molecule has 0 spiro atoms. The molecule has 0 bridgehead atoms. The summed E-state index contributed by atoms with van der Waals surface area (Å²) in [5.74, 6) is 0.782. The molecule has 1 saturated carbocycles. The van der Waals surface area contributed by atoms with E-state index in [9.17, 15) is 4.79 Å². The predicted molar refractivity (Wildman–Crippen MR) is 155 cm³/mol. The van der Waals surface area contributed by atoms with E-state index in [1.165, 1.54) is 21.5 Å². The van der Waals surface area contributed by atoms with Crippen LogP contribution in [0.4, 0.5) is 0 Å². The van der Waals surface area contributed by atoms with Crippen LogP contribution in [0.1, 0.15) is 40.5 Å². The van der Waals surface area contributed by atoms with Crippen LogP contribution in [0.2, 0.25) is 0 Å². The van der Waals surface area contributed by atoms with Gasteiger partial charge in [0.2, 0.25) is 0 Å². The van der Waals surface area contributed by atoms with Gasteiger partial charge in [-0.1, -0.05) is 0 Å². The first-order valence-corrected chi connectivity index (χ1v) is 15.1. The Balaban J connectivity index is 1.74. The fourth-order valence-corrected chi connectivity index (χ4v) is 10.4. The topological polar surface area (TPSA) is 17.1 Å². The van der Waals surface area contributed by atoms with Crippen molar-refractivity contribution in [3.05, 3.63) is 115 Å². The van der Waals surface area contributed by atoms with Gasteiger partial charge in [-0.25, -0.2) is 0 Å². The van der Waals surface area contributed by atoms with Crippen molar-refractivity contribution < 1.29 is 4.79 Å². The second kappa shape index (κ2) is 10.9. The summed E-state index contributed by atoms with van der Waals surface area (Å²) in [6.07, 6.45) is 9.68. The van der Waals surface area contributed by atoms with Crippen molar-refractivity contribution in [3.8, 4) is 0 Å². The molecule has 0 N–H and O–H groups in total. The molecule has 1 aliphatic rings. The maximum absolute atomic E-state index is 12.4. The molecule has 1 fully saturated rings. The van der Waals surface area contributed by atoms with Crippen molar-refractivity contribution in [3.63, 3.8) is 0 Å². The van der Waals surface area contributed by atoms with Gasteiger partial charge in [0.05, 0.1) is 0 Å². The zero-order chi connectivity index (χ0) is 24.9. The molecule has 0 saturated heterocycles. The summed E-state index contributed by atoms with van der Waals surface area (Å²) in [4.78, 5) is 12.4. The third-order valence-corrected chi connectivity index (χ3v) is 12.8. The number of rotatable bonds is 7. The minimum absolute atomic E-state index is 0.0919. The first-order valence-electron chi connectivity index (χ1n) is 12.9. The number of hydrogen-bond donors (Lipinski definition) is 0. The minimum atomic E-state index is -2.27. The predicted octanol–water partition coefficient (Wildman–Crippen LogP) is 6.86. The molecular weight excluding hydrogens is 443 g/mol. The van der Waals surface area contributed by atoms with Gasteiger partial charge in [-0.3, -0.25) is 0 Å². The molecule has 1 nitrogen and oxygen atoms in total. The molecule has 0 aliphatic heterocycles. The molecule has 0 aromatic heterocycles. The van der Waals surface area contributed by atoms with Crippen LogP contribution >= 0.6 is 7.26 Å². The molecule has 2 atom stereocenters. The molecule has 0 amide bonds. The number of carbonyl (C=O) groups is 1. The number of hydrogen-bond acceptors (Lipinski definition) is 1. The Morgan fingerprint density at radius 3 is 1.77 bits per heavy atom. The molecule has 0 radical (unpaired) electrons. The van der Waals surface area contributed by atoms with E-state index in [0.29, 0.717) is 12.2 Å². The van der Waals surface area contributed by atoms with Crippen molar-refractivity contribution in [2.24, 2.45) is 17.3 Å². The van der Waals surface area contributed by atoms with E-state index in [4.69, 9.17) is 0 Å². The van der Waals surface area contributed by atoms with Crippen LogP contribution in [0, 0.1) is 17.3 Å². The van der Waals surface area contributed by atoms with E-state index >= 15 is 0 Å². The number of ketones is 1. The Hall–Kier alpha value is -2.76. The molecule has 2 unspecified atom stereocenters. The fourth-order valence-electron chi connectivity index (χ4n) is 5.80. The van der Waals surface area contributed by atoms with Crippen molar-refractivity contribution >= 4 is 29.0 Å². The second-order valence-corrected chi connectivity index (χ2v) is 14.7. The summed E-state index contributed by atoms with van der Waals surface area (Å²) in [5, 5.41) is 4.29. The Bertz CT molecular complexity index is 1080. The fraction of sp³-hybridized carbons (Fsp3) is 0.303. The van der Waals surface area contributed by atoms with E-state index < -0.39 is 7.26 Å². The zero-order valence-electron chi connectivity index (χ0n) is 21.6. The van der Waals surface area contributed by atoms with Crippen molar-refractivity contribution in [1.82, 2.24) is 0 Å². The van der Waals surface area contributed by atoms with E-state index in [1.807, 2.05) is 0 Å². The van der Waals surface area contributed by atoms with Crippen LogP contribution in [-0.2, 0) is 4.79 Å². The van der Waals surface area contributed by atoms with Crippen LogP contribution < -0.4 is 15.9 Å². The van der Waals surface area contributed by atoms with E-state index in [-0.39, 0.29) is 17.3 Å². The standard InChI is InChI=1S/C33H39OP/c1-26(20-21-31-27(2)32(34)22-24-33(31,3)4)23-25-35(28-14-8-5-9-15-28,29-16-10-6-11-17-29)30-18-12-7-13-19-30/h5-21,23,27,31,35H,22,24-25H2,1-4H3. The van der Waals surface area contributed by atoms with E-state index in [1.54, 1.807) is 0 Å². The SMILES string of the molecule is CC(C=CC1C(C)C(=O)CCC1(C)C)=CC[PH](c1ccccc1)(c1ccccc1)c1ccccc1. The molecule has 182 valence electrons. The van der Waals surface area contributed by atoms with Crippen molar-refractivity contribution in [2.45, 2.75) is 40.5 Å². The van der Waals surface area contributed by atoms with Gasteiger partial charge in [-0.15, -0.1) is 0 Å². The number of carbonyl (C=O) groups excluding carboxylic acids is 1. The summed E-state index contributed by atoms with van der Waals surface area (Å²) in [7, 11) is -2.27. The van der Waals surface area contributed by atoms with Gasteiger partial charge in [0.25, 0.3) is 0 Å². The molecule has 35 heavy (non-hydrogen) atoms. The average Bonchev–Trinajstić information content (AvgIpc) is 2.89. The zero-order valence-corrected chi connectivity index (χ0v) is 22.6. The van der Waals surface area contributed by atoms with Gasteiger partial charge < -0.3 is 0 Å². The Kier molecular flexibility index (Phi) is 7.88. The quantitative estimate of drug-likeness (QED) is 0.266. The third kappa shape index (κ3) is 5.41. The monoisotopic (exact) mass is 482 g/mol. The Morgan fingerprint density at radius 1 is 0.857 bits per heavy atom. The van der Waals surface area contributed by atoms with Gasteiger partial charge in [0.15, 0.2) is 0 Å². The van der Waals surface area contributed by atoms with Gasteiger partial charge in [-0.2, -0.15) is 0 Å². The summed E-state index contributed by atoms with van der Waals surface area (Å²) in [5.41, 5.74) is 1.42. The number of Topliss-reactive ketones (excluding diaryl/α,β-unsaturated/α-hetero) is 1. The second-order valence-electron chi connectivity index (χ2n) is 10.8. The molecule has 3 aromatic carbocycles. The van der Waals surface area contributed by atoms with Crippen LogP contribution in [0.25, 0.3) is 0 Å². The van der Waals surface area contributed by atoms with Crippen molar-refractivity contribution in [2.75, 3.05) is 6.16 Å². The number of benzene rings is 3. The maximum atomic E-state index is 12.4. The Labute approximate surface area is 212 Å². The normalized spacial score (nSPS) is 21.3. The molecule has 0 heterocycles. The van der Waals surface area contributed by atoms with Crippen LogP contribution in [0.5, 0.6) is 0 Å². The molecule has 3 aromatic rings. The first kappa shape index (κ1) is 25.3. The molecule has 2 heteroatoms. The van der Waals surface area contributed by atoms with Gasteiger partial charge >= 0.3 is 212 Å². The van der Waals surface area contributed by atoms with Crippen LogP contribution in [-0.4, -0.2) is 11.9 Å². The van der Waals surface area contributed by atoms with Gasteiger partial charge in [0.1, 0.15) is 0 Å². The summed E-state index contributed by atoms with van der Waals surface area (Å²) in [6, 6.07) is 33.2.